The molecule has 0 saturated heterocycles. The van der Waals surface area contributed by atoms with Gasteiger partial charge in [-0.1, -0.05) is 0 Å². The topological polar surface area (TPSA) is 81.1 Å². The van der Waals surface area contributed by atoms with Gasteiger partial charge in [0, 0.05) is 44.4 Å². The first-order valence-electron chi connectivity index (χ1n) is 9.92. The van der Waals surface area contributed by atoms with Crippen LogP contribution in [0.15, 0.2) is 35.1 Å². The molecule has 0 saturated carbocycles. The number of alkyl halides is 3. The number of nitrogens with zero attached hydrogens (tertiary/aromatic N) is 5. The fourth-order valence-electron chi connectivity index (χ4n) is 3.75. The van der Waals surface area contributed by atoms with Gasteiger partial charge in [0.25, 0.3) is 5.91 Å². The second-order valence-electron chi connectivity index (χ2n) is 7.62. The van der Waals surface area contributed by atoms with E-state index in [1.54, 1.807) is 23.9 Å². The van der Waals surface area contributed by atoms with Gasteiger partial charge >= 0.3 is 6.18 Å². The largest absolute Gasteiger partial charge is 0.467 e. The van der Waals surface area contributed by atoms with Crippen molar-refractivity contribution in [3.8, 4) is 0 Å². The Kier molecular flexibility index (Phi) is 5.28. The van der Waals surface area contributed by atoms with Crippen molar-refractivity contribution in [2.24, 2.45) is 0 Å². The van der Waals surface area contributed by atoms with E-state index >= 15 is 0 Å². The summed E-state index contributed by atoms with van der Waals surface area (Å²) in [5.41, 5.74) is 1.61. The van der Waals surface area contributed by atoms with Crippen molar-refractivity contribution in [2.75, 3.05) is 12.4 Å². The first-order chi connectivity index (χ1) is 14.7. The van der Waals surface area contributed by atoms with Crippen LogP contribution >= 0.6 is 0 Å². The zero-order valence-electron chi connectivity index (χ0n) is 17.3. The molecule has 8 nitrogen and oxygen atoms in total. The maximum atomic E-state index is 13.7. The third-order valence-corrected chi connectivity index (χ3v) is 5.42. The van der Waals surface area contributed by atoms with E-state index in [9.17, 15) is 18.0 Å². The lowest BCUT2D eigenvalue weighted by Crippen LogP contribution is -2.35. The van der Waals surface area contributed by atoms with Crippen LogP contribution in [0.5, 0.6) is 0 Å². The SMILES string of the molecule is CCn1cc(CN(C)C(=O)c2cc3n(n2)C(C(F)(F)F)CC(c2ccco2)N3)c(C)n1. The first kappa shape index (κ1) is 21.0. The molecule has 0 fully saturated rings. The predicted molar refractivity (Wildman–Crippen MR) is 105 cm³/mol. The van der Waals surface area contributed by atoms with E-state index in [2.05, 4.69) is 15.5 Å². The maximum absolute atomic E-state index is 13.7. The van der Waals surface area contributed by atoms with E-state index < -0.39 is 24.2 Å². The van der Waals surface area contributed by atoms with Crippen LogP contribution in [-0.2, 0) is 13.1 Å². The normalized spacial score (nSPS) is 18.5. The molecule has 0 spiro atoms. The molecule has 1 N–H and O–H groups in total. The number of halogens is 3. The van der Waals surface area contributed by atoms with Crippen LogP contribution in [0.25, 0.3) is 0 Å². The van der Waals surface area contributed by atoms with Crippen LogP contribution in [0.2, 0.25) is 0 Å². The van der Waals surface area contributed by atoms with Crippen molar-refractivity contribution < 1.29 is 22.4 Å². The lowest BCUT2D eigenvalue weighted by molar-refractivity contribution is -0.174. The smallest absolute Gasteiger partial charge is 0.410 e. The van der Waals surface area contributed by atoms with E-state index in [0.29, 0.717) is 12.3 Å². The molecule has 4 rings (SSSR count). The number of hydrogen-bond donors (Lipinski definition) is 1. The summed E-state index contributed by atoms with van der Waals surface area (Å²) in [6, 6.07) is 2.06. The van der Waals surface area contributed by atoms with Crippen molar-refractivity contribution in [1.82, 2.24) is 24.5 Å². The minimum atomic E-state index is -4.52. The molecule has 1 aliphatic rings. The summed E-state index contributed by atoms with van der Waals surface area (Å²) >= 11 is 0. The highest BCUT2D eigenvalue weighted by molar-refractivity contribution is 5.93. The van der Waals surface area contributed by atoms with Crippen LogP contribution in [-0.4, -0.2) is 43.6 Å². The Bertz CT molecular complexity index is 1070. The number of amides is 1. The summed E-state index contributed by atoms with van der Waals surface area (Å²) in [5.74, 6) is 0.0552. The van der Waals surface area contributed by atoms with Gasteiger partial charge < -0.3 is 14.6 Å². The molecule has 4 heterocycles. The van der Waals surface area contributed by atoms with Crippen LogP contribution < -0.4 is 5.32 Å². The van der Waals surface area contributed by atoms with E-state index in [0.717, 1.165) is 15.9 Å². The molecule has 31 heavy (non-hydrogen) atoms. The molecular weight excluding hydrogens is 413 g/mol. The Labute approximate surface area is 176 Å². The minimum absolute atomic E-state index is 0.0557. The Hall–Kier alpha value is -3.24. The fourth-order valence-corrected chi connectivity index (χ4v) is 3.75. The summed E-state index contributed by atoms with van der Waals surface area (Å²) in [5, 5.41) is 11.4. The molecule has 2 atom stereocenters. The highest BCUT2D eigenvalue weighted by Gasteiger charge is 2.47. The molecule has 1 amide bonds. The molecule has 2 unspecified atom stereocenters. The summed E-state index contributed by atoms with van der Waals surface area (Å²) in [6.45, 7) is 4.79. The van der Waals surface area contributed by atoms with Crippen molar-refractivity contribution >= 4 is 11.7 Å². The molecule has 0 aliphatic carbocycles. The molecule has 1 aliphatic heterocycles. The zero-order chi connectivity index (χ0) is 22.3. The summed E-state index contributed by atoms with van der Waals surface area (Å²) in [4.78, 5) is 14.3. The quantitative estimate of drug-likeness (QED) is 0.656. The number of fused-ring (bicyclic) bond motifs is 1. The highest BCUT2D eigenvalue weighted by atomic mass is 19.4. The zero-order valence-corrected chi connectivity index (χ0v) is 17.3. The lowest BCUT2D eigenvalue weighted by atomic mass is 10.0. The van der Waals surface area contributed by atoms with Crippen LogP contribution in [0, 0.1) is 6.92 Å². The van der Waals surface area contributed by atoms with E-state index in [-0.39, 0.29) is 24.5 Å². The number of aryl methyl sites for hydroxylation is 2. The number of nitrogens with one attached hydrogen (secondary N) is 1. The Morgan fingerprint density at radius 3 is 2.77 bits per heavy atom. The van der Waals surface area contributed by atoms with Gasteiger partial charge in [-0.25, -0.2) is 4.68 Å². The average molecular weight is 436 g/mol. The van der Waals surface area contributed by atoms with Crippen molar-refractivity contribution in [3.05, 3.63) is 53.4 Å². The van der Waals surface area contributed by atoms with Crippen LogP contribution in [0.4, 0.5) is 19.0 Å². The molecule has 0 aromatic carbocycles. The molecule has 0 bridgehead atoms. The standard InChI is InChI=1S/C20H23F3N6O2/c1-4-28-11-13(12(2)25-28)10-27(3)19(30)15-9-18-24-14(16-6-5-7-31-16)8-17(20(21,22)23)29(18)26-15/h5-7,9,11,14,17,24H,4,8,10H2,1-3H3. The van der Waals surface area contributed by atoms with Crippen molar-refractivity contribution in [3.63, 3.8) is 0 Å². The van der Waals surface area contributed by atoms with Gasteiger partial charge in [0.1, 0.15) is 11.6 Å². The average Bonchev–Trinajstić information content (AvgIpc) is 3.45. The Balaban J connectivity index is 1.59. The molecule has 0 radical (unpaired) electrons. The van der Waals surface area contributed by atoms with Gasteiger partial charge in [-0.2, -0.15) is 23.4 Å². The molecule has 11 heteroatoms. The number of rotatable bonds is 5. The van der Waals surface area contributed by atoms with Gasteiger partial charge in [-0.3, -0.25) is 9.48 Å². The van der Waals surface area contributed by atoms with Crippen LogP contribution in [0.1, 0.15) is 52.9 Å². The second kappa shape index (κ2) is 7.78. The fraction of sp³-hybridized carbons (Fsp3) is 0.450. The number of anilines is 1. The van der Waals surface area contributed by atoms with Gasteiger partial charge in [-0.05, 0) is 26.0 Å². The summed E-state index contributed by atoms with van der Waals surface area (Å²) in [7, 11) is 1.59. The Morgan fingerprint density at radius 2 is 2.16 bits per heavy atom. The van der Waals surface area contributed by atoms with E-state index in [1.807, 2.05) is 20.0 Å². The number of carbonyl (C=O) groups excluding carboxylic acids is 1. The minimum Gasteiger partial charge on any atom is -0.467 e. The van der Waals surface area contributed by atoms with Crippen molar-refractivity contribution in [1.29, 1.82) is 0 Å². The van der Waals surface area contributed by atoms with E-state index in [1.165, 1.54) is 17.2 Å². The first-order valence-corrected chi connectivity index (χ1v) is 9.92. The third kappa shape index (κ3) is 4.04. The van der Waals surface area contributed by atoms with E-state index in [4.69, 9.17) is 4.42 Å². The number of aromatic nitrogens is 4. The Morgan fingerprint density at radius 1 is 1.39 bits per heavy atom. The number of carbonyl (C=O) groups is 1. The number of furan rings is 1. The monoisotopic (exact) mass is 436 g/mol. The highest BCUT2D eigenvalue weighted by Crippen LogP contribution is 2.43. The van der Waals surface area contributed by atoms with Gasteiger partial charge in [0.15, 0.2) is 11.7 Å². The second-order valence-corrected chi connectivity index (χ2v) is 7.62. The van der Waals surface area contributed by atoms with Gasteiger partial charge in [0.05, 0.1) is 18.0 Å². The third-order valence-electron chi connectivity index (χ3n) is 5.42. The van der Waals surface area contributed by atoms with Gasteiger partial charge in [0.2, 0.25) is 0 Å². The maximum Gasteiger partial charge on any atom is 0.410 e. The molecule has 3 aromatic rings. The molecule has 166 valence electrons. The lowest BCUT2D eigenvalue weighted by Gasteiger charge is -2.32. The molecular formula is C20H23F3N6O2. The van der Waals surface area contributed by atoms with Crippen LogP contribution in [0.3, 0.4) is 0 Å². The van der Waals surface area contributed by atoms with Gasteiger partial charge in [-0.15, -0.1) is 0 Å². The van der Waals surface area contributed by atoms with Crippen molar-refractivity contribution in [2.45, 2.75) is 51.6 Å². The summed E-state index contributed by atoms with van der Waals surface area (Å²) in [6.07, 6.45) is -1.54. The summed E-state index contributed by atoms with van der Waals surface area (Å²) < 4.78 is 49.1. The number of hydrogen-bond acceptors (Lipinski definition) is 5. The predicted octanol–water partition coefficient (Wildman–Crippen LogP) is 3.93. The molecule has 3 aromatic heterocycles.